The second-order valence-corrected chi connectivity index (χ2v) is 1.97. The van der Waals surface area contributed by atoms with Gasteiger partial charge >= 0.3 is 5.97 Å². The molecule has 0 unspecified atom stereocenters. The monoisotopic (exact) mass is 180 g/mol. The SMILES string of the molecule is [2H]c1c([2H])c([13C](=O)C(=O)O)c([2H])c([2H])c1[N+]#[C-]. The molecule has 0 heterocycles. The van der Waals surface area contributed by atoms with Crippen LogP contribution in [0.25, 0.3) is 4.85 Å². The highest BCUT2D eigenvalue weighted by Crippen LogP contribution is 2.12. The molecule has 1 rings (SSSR count). The van der Waals surface area contributed by atoms with Crippen LogP contribution < -0.4 is 0 Å². The van der Waals surface area contributed by atoms with Crippen LogP contribution in [0.5, 0.6) is 0 Å². The summed E-state index contributed by atoms with van der Waals surface area (Å²) >= 11 is 0. The summed E-state index contributed by atoms with van der Waals surface area (Å²) < 4.78 is 29.5. The van der Waals surface area contributed by atoms with E-state index in [2.05, 4.69) is 4.85 Å². The third-order valence-corrected chi connectivity index (χ3v) is 1.14. The number of carboxylic acids is 1. The van der Waals surface area contributed by atoms with Crippen molar-refractivity contribution in [2.24, 2.45) is 0 Å². The lowest BCUT2D eigenvalue weighted by Gasteiger charge is -1.94. The number of Topliss-reactive ketones (excluding diaryl/α,β-unsaturated/α-hetero) is 1. The number of rotatable bonds is 2. The molecule has 1 aromatic carbocycles. The van der Waals surface area contributed by atoms with Crippen molar-refractivity contribution in [2.75, 3.05) is 0 Å². The maximum absolute atomic E-state index is 11.2. The normalized spacial score (nSPS) is 13.2. The molecule has 0 fully saturated rings. The molecule has 0 aliphatic rings. The maximum Gasteiger partial charge on any atom is 0.377 e. The van der Waals surface area contributed by atoms with Crippen LogP contribution in [0.4, 0.5) is 5.69 Å². The molecule has 0 aliphatic carbocycles. The Morgan fingerprint density at radius 3 is 2.31 bits per heavy atom. The third-order valence-electron chi connectivity index (χ3n) is 1.14. The van der Waals surface area contributed by atoms with E-state index in [0.29, 0.717) is 0 Å². The van der Waals surface area contributed by atoms with Crippen molar-refractivity contribution >= 4 is 17.4 Å². The fourth-order valence-corrected chi connectivity index (χ4v) is 0.582. The van der Waals surface area contributed by atoms with Crippen LogP contribution in [-0.2, 0) is 4.79 Å². The molecule has 0 aromatic heterocycles. The Kier molecular flexibility index (Phi) is 1.28. The summed E-state index contributed by atoms with van der Waals surface area (Å²) in [5.41, 5.74) is -1.37. The second-order valence-electron chi connectivity index (χ2n) is 1.97. The van der Waals surface area contributed by atoms with E-state index in [0.717, 1.165) is 0 Å². The van der Waals surface area contributed by atoms with Crippen LogP contribution in [0.3, 0.4) is 0 Å². The van der Waals surface area contributed by atoms with Crippen molar-refractivity contribution < 1.29 is 20.2 Å². The minimum absolute atomic E-state index is 0.540. The number of nitrogens with zero attached hydrogens (tertiary/aromatic N) is 1. The van der Waals surface area contributed by atoms with Crippen LogP contribution in [0.15, 0.2) is 24.2 Å². The fourth-order valence-electron chi connectivity index (χ4n) is 0.582. The zero-order valence-corrected chi connectivity index (χ0v) is 6.21. The molecule has 0 saturated heterocycles. The van der Waals surface area contributed by atoms with Gasteiger partial charge in [0.2, 0.25) is 0 Å². The number of hydrogen-bond acceptors (Lipinski definition) is 2. The van der Waals surface area contributed by atoms with Gasteiger partial charge in [-0.1, -0.05) is 24.2 Å². The van der Waals surface area contributed by atoms with Crippen LogP contribution in [0, 0.1) is 6.57 Å². The predicted octanol–water partition coefficient (Wildman–Crippen LogP) is 1.50. The molecule has 1 N–H and O–H groups in total. The highest BCUT2D eigenvalue weighted by molar-refractivity contribution is 6.39. The molecule has 0 atom stereocenters. The molecule has 4 nitrogen and oxygen atoms in total. The first-order chi connectivity index (χ1) is 7.82. The molecular formula is C9H5NO3. The summed E-state index contributed by atoms with van der Waals surface area (Å²) in [6.45, 7) is 6.70. The van der Waals surface area contributed by atoms with E-state index in [9.17, 15) is 9.59 Å². The van der Waals surface area contributed by atoms with E-state index in [-0.39, 0.29) is 0 Å². The third kappa shape index (κ3) is 1.91. The largest absolute Gasteiger partial charge is 0.475 e. The molecule has 0 bridgehead atoms. The molecule has 0 aliphatic heterocycles. The minimum Gasteiger partial charge on any atom is -0.475 e. The lowest BCUT2D eigenvalue weighted by Crippen LogP contribution is -2.12. The Hall–Kier alpha value is -2.15. The van der Waals surface area contributed by atoms with Gasteiger partial charge in [0, 0.05) is 8.30 Å². The average Bonchev–Trinajstić information content (AvgIpc) is 2.27. The quantitative estimate of drug-likeness (QED) is 0.325. The van der Waals surface area contributed by atoms with Gasteiger partial charge in [-0.05, 0) is 0 Å². The highest BCUT2D eigenvalue weighted by atomic mass is 16.4. The van der Waals surface area contributed by atoms with Crippen molar-refractivity contribution in [1.82, 2.24) is 0 Å². The van der Waals surface area contributed by atoms with E-state index in [1.54, 1.807) is 0 Å². The minimum atomic E-state index is -1.87. The van der Waals surface area contributed by atoms with E-state index in [1.807, 2.05) is 0 Å². The number of carboxylic acid groups (broad SMARTS) is 1. The molecule has 0 spiro atoms. The smallest absolute Gasteiger partial charge is 0.377 e. The van der Waals surface area contributed by atoms with Gasteiger partial charge in [0.25, 0.3) is 5.78 Å². The fraction of sp³-hybridized carbons (Fsp3) is 0. The van der Waals surface area contributed by atoms with Gasteiger partial charge < -0.3 is 5.11 Å². The number of ketones is 1. The van der Waals surface area contributed by atoms with Crippen LogP contribution in [0.1, 0.15) is 15.8 Å². The van der Waals surface area contributed by atoms with Gasteiger partial charge in [0.15, 0.2) is 5.69 Å². The Bertz CT molecular complexity index is 548. The van der Waals surface area contributed by atoms with Gasteiger partial charge in [-0.15, -0.1) is 0 Å². The van der Waals surface area contributed by atoms with Gasteiger partial charge in [-0.2, -0.15) is 0 Å². The highest BCUT2D eigenvalue weighted by Gasteiger charge is 2.13. The molecule has 13 heavy (non-hydrogen) atoms. The summed E-state index contributed by atoms with van der Waals surface area (Å²) in [5, 5.41) is 8.49. The van der Waals surface area contributed by atoms with Gasteiger partial charge in [0.1, 0.15) is 0 Å². The Morgan fingerprint density at radius 2 is 1.92 bits per heavy atom. The first kappa shape index (κ1) is 4.77. The Balaban J connectivity index is 3.72. The standard InChI is InChI=1S/C9H5NO3/c1-10-7-4-2-6(3-5-7)8(11)9(12)13/h2-5H,(H,12,13)/i2D,3D,4D,5D,8+1. The zero-order chi connectivity index (χ0) is 13.3. The number of benzene rings is 1. The topological polar surface area (TPSA) is 58.7 Å². The number of aliphatic carboxylic acids is 1. The van der Waals surface area contributed by atoms with Crippen molar-refractivity contribution in [1.29, 1.82) is 0 Å². The number of carbonyl (C=O) groups is 2. The van der Waals surface area contributed by atoms with Gasteiger partial charge in [0.05, 0.1) is 9.31 Å². The van der Waals surface area contributed by atoms with Crippen LogP contribution >= 0.6 is 0 Å². The number of hydrogen-bond donors (Lipinski definition) is 1. The van der Waals surface area contributed by atoms with Crippen molar-refractivity contribution in [3.8, 4) is 0 Å². The van der Waals surface area contributed by atoms with E-state index >= 15 is 0 Å². The predicted molar refractivity (Wildman–Crippen MR) is 44.7 cm³/mol. The summed E-state index contributed by atoms with van der Waals surface area (Å²) in [7, 11) is 0. The van der Waals surface area contributed by atoms with E-state index < -0.39 is 47.2 Å². The Labute approximate surface area is 79.9 Å². The average molecular weight is 180 g/mol. The molecule has 0 amide bonds. The summed E-state index contributed by atoms with van der Waals surface area (Å²) in [6, 6.07) is -3.06. The molecule has 64 valence electrons. The molecular weight excluding hydrogens is 171 g/mol. The molecule has 0 radical (unpaired) electrons. The summed E-state index contributed by atoms with van der Waals surface area (Å²) in [6.07, 6.45) is 0. The zero-order valence-electron chi connectivity index (χ0n) is 10.2. The van der Waals surface area contributed by atoms with Crippen LogP contribution in [-0.4, -0.2) is 16.9 Å². The molecule has 4 heteroatoms. The number of carbonyl (C=O) groups excluding carboxylic acids is 1. The van der Waals surface area contributed by atoms with Crippen molar-refractivity contribution in [2.45, 2.75) is 0 Å². The lowest BCUT2D eigenvalue weighted by atomic mass is 10.2. The van der Waals surface area contributed by atoms with Crippen molar-refractivity contribution in [3.05, 3.63) is 41.2 Å². The van der Waals surface area contributed by atoms with Crippen LogP contribution in [0.2, 0.25) is 0 Å². The van der Waals surface area contributed by atoms with E-state index in [1.165, 1.54) is 0 Å². The molecule has 1 aromatic rings. The second kappa shape index (κ2) is 3.50. The first-order valence-electron chi connectivity index (χ1n) is 5.08. The van der Waals surface area contributed by atoms with Gasteiger partial charge in [-0.25, -0.2) is 9.64 Å². The summed E-state index contributed by atoms with van der Waals surface area (Å²) in [5.74, 6) is -3.40. The first-order valence-corrected chi connectivity index (χ1v) is 3.08. The lowest BCUT2D eigenvalue weighted by molar-refractivity contribution is -0.131. The maximum atomic E-state index is 11.2. The van der Waals surface area contributed by atoms with E-state index in [4.69, 9.17) is 17.2 Å². The molecule has 0 saturated carbocycles. The Morgan fingerprint density at radius 1 is 1.38 bits per heavy atom. The summed E-state index contributed by atoms with van der Waals surface area (Å²) in [4.78, 5) is 24.5. The van der Waals surface area contributed by atoms with Gasteiger partial charge in [-0.3, -0.25) is 4.79 Å². The van der Waals surface area contributed by atoms with Crippen molar-refractivity contribution in [3.63, 3.8) is 0 Å².